The van der Waals surface area contributed by atoms with Gasteiger partial charge in [0.25, 0.3) is 5.91 Å². The van der Waals surface area contributed by atoms with E-state index in [9.17, 15) is 4.79 Å². The Morgan fingerprint density at radius 3 is 2.11 bits per heavy atom. The fraction of sp³-hybridized carbons (Fsp3) is 0.294. The predicted molar refractivity (Wildman–Crippen MR) is 166 cm³/mol. The summed E-state index contributed by atoms with van der Waals surface area (Å²) in [6.07, 6.45) is 0. The summed E-state index contributed by atoms with van der Waals surface area (Å²) in [5.41, 5.74) is 3.95. The van der Waals surface area contributed by atoms with Crippen molar-refractivity contribution in [2.45, 2.75) is 46.4 Å². The van der Waals surface area contributed by atoms with Crippen molar-refractivity contribution in [2.75, 3.05) is 20.6 Å². The molecule has 0 fully saturated rings. The Morgan fingerprint density at radius 1 is 0.886 bits per heavy atom. The number of rotatable bonds is 13. The Balaban J connectivity index is 1.64. The third-order valence-corrected chi connectivity index (χ3v) is 6.84. The van der Waals surface area contributed by atoms with Crippen molar-refractivity contribution in [3.05, 3.63) is 101 Å². The second-order valence-electron chi connectivity index (χ2n) is 10.9. The molecule has 1 amide bonds. The van der Waals surface area contributed by atoms with E-state index in [1.807, 2.05) is 98.7 Å². The topological polar surface area (TPSA) is 116 Å². The normalized spacial score (nSPS) is 11.2. The van der Waals surface area contributed by atoms with Gasteiger partial charge in [0.05, 0.1) is 12.1 Å². The highest BCUT2D eigenvalue weighted by Crippen LogP contribution is 2.44. The number of nitrogens with zero attached hydrogens (tertiary/aromatic N) is 4. The van der Waals surface area contributed by atoms with Crippen LogP contribution in [-0.2, 0) is 19.8 Å². The molecule has 0 saturated carbocycles. The molecule has 0 aliphatic rings. The largest absolute Gasteiger partial charge is 0.488 e. The molecule has 228 valence electrons. The maximum Gasteiger partial charge on any atom is 0.274 e. The van der Waals surface area contributed by atoms with E-state index in [0.29, 0.717) is 60.6 Å². The number of hydrogen-bond acceptors (Lipinski definition) is 9. The number of carbonyl (C=O) groups is 1. The summed E-state index contributed by atoms with van der Waals surface area (Å²) < 4.78 is 24.2. The molecule has 0 radical (unpaired) electrons. The molecule has 10 nitrogen and oxygen atoms in total. The van der Waals surface area contributed by atoms with E-state index in [0.717, 1.165) is 16.7 Å². The Labute approximate surface area is 257 Å². The van der Waals surface area contributed by atoms with Crippen LogP contribution in [0.5, 0.6) is 11.5 Å². The third kappa shape index (κ3) is 7.15. The van der Waals surface area contributed by atoms with Crippen molar-refractivity contribution in [1.82, 2.24) is 25.5 Å². The first-order valence-corrected chi connectivity index (χ1v) is 14.6. The number of hydrogen-bond donors (Lipinski definition) is 1. The molecule has 0 unspecified atom stereocenters. The van der Waals surface area contributed by atoms with Gasteiger partial charge in [0, 0.05) is 12.6 Å². The Hall–Kier alpha value is -4.96. The minimum atomic E-state index is -0.407. The minimum absolute atomic E-state index is 0.0589. The summed E-state index contributed by atoms with van der Waals surface area (Å²) in [5.74, 6) is 1.76. The van der Waals surface area contributed by atoms with Crippen LogP contribution in [0.3, 0.4) is 0 Å². The van der Waals surface area contributed by atoms with Crippen LogP contribution in [0.15, 0.2) is 81.8 Å². The first kappa shape index (κ1) is 30.5. The van der Waals surface area contributed by atoms with Crippen molar-refractivity contribution < 1.29 is 23.3 Å². The van der Waals surface area contributed by atoms with Crippen LogP contribution in [0.25, 0.3) is 22.7 Å². The van der Waals surface area contributed by atoms with Crippen molar-refractivity contribution in [1.29, 1.82) is 0 Å². The lowest BCUT2D eigenvalue weighted by atomic mass is 9.96. The van der Waals surface area contributed by atoms with Gasteiger partial charge in [-0.1, -0.05) is 84.8 Å². The van der Waals surface area contributed by atoms with Crippen LogP contribution in [0.2, 0.25) is 0 Å². The number of nitrogens with one attached hydrogen (secondary N) is 1. The van der Waals surface area contributed by atoms with Gasteiger partial charge in [0.15, 0.2) is 11.5 Å². The van der Waals surface area contributed by atoms with E-state index in [2.05, 4.69) is 34.5 Å². The maximum absolute atomic E-state index is 13.1. The van der Waals surface area contributed by atoms with Gasteiger partial charge in [-0.2, -0.15) is 4.98 Å². The van der Waals surface area contributed by atoms with Gasteiger partial charge in [-0.05, 0) is 49.7 Å². The monoisotopic (exact) mass is 595 g/mol. The van der Waals surface area contributed by atoms with Crippen molar-refractivity contribution in [3.63, 3.8) is 0 Å². The maximum atomic E-state index is 13.1. The summed E-state index contributed by atoms with van der Waals surface area (Å²) in [6, 6.07) is 23.7. The molecule has 2 aromatic heterocycles. The van der Waals surface area contributed by atoms with Crippen LogP contribution in [0.1, 0.15) is 59.8 Å². The lowest BCUT2D eigenvalue weighted by Crippen LogP contribution is -2.23. The van der Waals surface area contributed by atoms with Crippen molar-refractivity contribution in [3.8, 4) is 34.2 Å². The van der Waals surface area contributed by atoms with Crippen LogP contribution in [-0.4, -0.2) is 46.7 Å². The zero-order chi connectivity index (χ0) is 31.1. The van der Waals surface area contributed by atoms with E-state index >= 15 is 0 Å². The molecule has 10 heteroatoms. The quantitative estimate of drug-likeness (QED) is 0.163. The molecule has 5 aromatic rings. The van der Waals surface area contributed by atoms with Crippen LogP contribution in [0.4, 0.5) is 0 Å². The highest BCUT2D eigenvalue weighted by atomic mass is 16.5. The SMILES string of the molecule is CCNC(=O)c1noc(-c2cc(C(C)C)c(OCc3ccccc3)cc2OCc2ccccc2)c1-c1noc(CN(C)C)n1. The fourth-order valence-electron chi connectivity index (χ4n) is 4.69. The van der Waals surface area contributed by atoms with E-state index in [1.54, 1.807) is 0 Å². The summed E-state index contributed by atoms with van der Waals surface area (Å²) >= 11 is 0. The van der Waals surface area contributed by atoms with Gasteiger partial charge in [-0.3, -0.25) is 4.79 Å². The highest BCUT2D eigenvalue weighted by molar-refractivity contribution is 6.01. The first-order chi connectivity index (χ1) is 21.3. The molecule has 0 bridgehead atoms. The van der Waals surface area contributed by atoms with Gasteiger partial charge in [-0.15, -0.1) is 0 Å². The molecule has 3 aromatic carbocycles. The lowest BCUT2D eigenvalue weighted by molar-refractivity contribution is 0.0947. The number of amides is 1. The fourth-order valence-corrected chi connectivity index (χ4v) is 4.69. The smallest absolute Gasteiger partial charge is 0.274 e. The zero-order valence-corrected chi connectivity index (χ0v) is 25.7. The van der Waals surface area contributed by atoms with E-state index in [1.165, 1.54) is 0 Å². The Kier molecular flexibility index (Phi) is 9.71. The van der Waals surface area contributed by atoms with Gasteiger partial charge < -0.3 is 28.7 Å². The molecule has 44 heavy (non-hydrogen) atoms. The molecule has 2 heterocycles. The summed E-state index contributed by atoms with van der Waals surface area (Å²) in [4.78, 5) is 19.6. The first-order valence-electron chi connectivity index (χ1n) is 14.6. The molecule has 0 aliphatic heterocycles. The molecular formula is C34H37N5O5. The predicted octanol–water partition coefficient (Wildman–Crippen LogP) is 6.48. The summed E-state index contributed by atoms with van der Waals surface area (Å²) in [7, 11) is 3.81. The number of carbonyl (C=O) groups excluding carboxylic acids is 1. The van der Waals surface area contributed by atoms with E-state index in [-0.39, 0.29) is 17.4 Å². The van der Waals surface area contributed by atoms with Crippen molar-refractivity contribution in [2.24, 2.45) is 0 Å². The average Bonchev–Trinajstić information content (AvgIpc) is 3.66. The molecule has 0 spiro atoms. The van der Waals surface area contributed by atoms with E-state index < -0.39 is 5.91 Å². The molecule has 0 aliphatic carbocycles. The van der Waals surface area contributed by atoms with Crippen LogP contribution in [0, 0.1) is 0 Å². The summed E-state index contributed by atoms with van der Waals surface area (Å²) in [6.45, 7) is 7.55. The Morgan fingerprint density at radius 2 is 1.52 bits per heavy atom. The molecule has 5 rings (SSSR count). The highest BCUT2D eigenvalue weighted by Gasteiger charge is 2.31. The third-order valence-electron chi connectivity index (χ3n) is 6.84. The second-order valence-corrected chi connectivity index (χ2v) is 10.9. The standard InChI is InChI=1S/C34H37N5O5/c1-6-35-34(40)31-30(33-36-29(43-38-33)19-39(4)5)32(44-37-31)26-17-25(22(2)3)27(41-20-23-13-9-7-10-14-23)18-28(26)42-21-24-15-11-8-12-16-24/h7-18,22H,6,19-21H2,1-5H3,(H,35,40). The summed E-state index contributed by atoms with van der Waals surface area (Å²) in [5, 5.41) is 11.2. The van der Waals surface area contributed by atoms with Crippen LogP contribution >= 0.6 is 0 Å². The van der Waals surface area contributed by atoms with Gasteiger partial charge >= 0.3 is 0 Å². The van der Waals surface area contributed by atoms with Gasteiger partial charge in [0.2, 0.25) is 11.7 Å². The lowest BCUT2D eigenvalue weighted by Gasteiger charge is -2.19. The number of ether oxygens (including phenoxy) is 2. The average molecular weight is 596 g/mol. The van der Waals surface area contributed by atoms with E-state index in [4.69, 9.17) is 18.5 Å². The molecule has 0 saturated heterocycles. The molecule has 0 atom stereocenters. The molecular weight excluding hydrogens is 558 g/mol. The van der Waals surface area contributed by atoms with Crippen LogP contribution < -0.4 is 14.8 Å². The van der Waals surface area contributed by atoms with Gasteiger partial charge in [-0.25, -0.2) is 0 Å². The number of aromatic nitrogens is 3. The zero-order valence-electron chi connectivity index (χ0n) is 25.7. The Bertz CT molecular complexity index is 1680. The second kappa shape index (κ2) is 14.0. The van der Waals surface area contributed by atoms with Gasteiger partial charge in [0.1, 0.15) is 30.3 Å². The molecule has 1 N–H and O–H groups in total. The minimum Gasteiger partial charge on any atom is -0.488 e. The number of benzene rings is 3. The van der Waals surface area contributed by atoms with Crippen molar-refractivity contribution >= 4 is 5.91 Å².